The van der Waals surface area contributed by atoms with E-state index in [1.165, 1.54) is 0 Å². The minimum Gasteiger partial charge on any atom is -0.489 e. The molecule has 2 aliphatic heterocycles. The van der Waals surface area contributed by atoms with Crippen LogP contribution in [-0.4, -0.2) is 37.8 Å². The molecule has 1 saturated heterocycles. The predicted molar refractivity (Wildman–Crippen MR) is 71.7 cm³/mol. The second-order valence-corrected chi connectivity index (χ2v) is 4.90. The Bertz CT molecular complexity index is 490. The van der Waals surface area contributed by atoms with Gasteiger partial charge >= 0.3 is 0 Å². The average molecular weight is 262 g/mol. The third-order valence-corrected chi connectivity index (χ3v) is 3.62. The first kappa shape index (κ1) is 12.3. The predicted octanol–water partition coefficient (Wildman–Crippen LogP) is 1.40. The molecular formula is C14H18N2O3. The fourth-order valence-corrected chi connectivity index (χ4v) is 2.52. The maximum absolute atomic E-state index is 12.3. The van der Waals surface area contributed by atoms with Crippen molar-refractivity contribution in [2.24, 2.45) is 0 Å². The van der Waals surface area contributed by atoms with Crippen molar-refractivity contribution in [1.29, 1.82) is 0 Å². The first-order chi connectivity index (χ1) is 9.25. The summed E-state index contributed by atoms with van der Waals surface area (Å²) in [5.41, 5.74) is 1.47. The molecule has 1 fully saturated rings. The first-order valence-corrected chi connectivity index (χ1v) is 6.68. The highest BCUT2D eigenvalue weighted by Gasteiger charge is 2.27. The molecule has 0 aliphatic carbocycles. The third kappa shape index (κ3) is 2.38. The Morgan fingerprint density at radius 3 is 3.11 bits per heavy atom. The molecule has 1 aromatic rings. The number of rotatable bonds is 2. The van der Waals surface area contributed by atoms with Crippen LogP contribution in [0.3, 0.4) is 0 Å². The van der Waals surface area contributed by atoms with Gasteiger partial charge in [-0.05, 0) is 25.5 Å². The van der Waals surface area contributed by atoms with Crippen molar-refractivity contribution < 1.29 is 14.3 Å². The van der Waals surface area contributed by atoms with Crippen LogP contribution in [0.2, 0.25) is 0 Å². The number of carbonyl (C=O) groups is 1. The van der Waals surface area contributed by atoms with Crippen LogP contribution < -0.4 is 15.4 Å². The third-order valence-electron chi connectivity index (χ3n) is 3.62. The number of amides is 1. The summed E-state index contributed by atoms with van der Waals surface area (Å²) < 4.78 is 11.1. The van der Waals surface area contributed by atoms with Gasteiger partial charge in [-0.25, -0.2) is 0 Å². The Kier molecular flexibility index (Phi) is 3.29. The van der Waals surface area contributed by atoms with Gasteiger partial charge in [-0.3, -0.25) is 4.79 Å². The molecular weight excluding hydrogens is 244 g/mol. The van der Waals surface area contributed by atoms with Crippen LogP contribution >= 0.6 is 0 Å². The highest BCUT2D eigenvalue weighted by molar-refractivity contribution is 5.99. The van der Waals surface area contributed by atoms with Crippen LogP contribution in [0, 0.1) is 0 Å². The van der Waals surface area contributed by atoms with Crippen molar-refractivity contribution in [3.63, 3.8) is 0 Å². The van der Waals surface area contributed by atoms with E-state index in [-0.39, 0.29) is 18.1 Å². The molecule has 2 atom stereocenters. The summed E-state index contributed by atoms with van der Waals surface area (Å²) in [4.78, 5) is 12.3. The number of benzene rings is 1. The summed E-state index contributed by atoms with van der Waals surface area (Å²) in [5, 5.41) is 6.25. The molecule has 19 heavy (non-hydrogen) atoms. The summed E-state index contributed by atoms with van der Waals surface area (Å²) in [6.45, 7) is 4.04. The number of nitrogens with one attached hydrogen (secondary N) is 2. The van der Waals surface area contributed by atoms with E-state index < -0.39 is 0 Å². The number of para-hydroxylation sites is 1. The van der Waals surface area contributed by atoms with Gasteiger partial charge in [0.05, 0.1) is 23.4 Å². The lowest BCUT2D eigenvalue weighted by Gasteiger charge is -2.22. The second-order valence-electron chi connectivity index (χ2n) is 4.90. The Morgan fingerprint density at radius 1 is 1.42 bits per heavy atom. The Morgan fingerprint density at radius 2 is 2.32 bits per heavy atom. The standard InChI is InChI=1S/C14H18N2O3/c1-9-11(5-7-18-9)16-14(17)10-3-2-4-12-13(10)19-8-6-15-12/h2-4,9,11,15H,5-8H2,1H3,(H,16,17). The lowest BCUT2D eigenvalue weighted by Crippen LogP contribution is -2.39. The van der Waals surface area contributed by atoms with Crippen LogP contribution in [0.5, 0.6) is 5.75 Å². The zero-order chi connectivity index (χ0) is 13.2. The molecule has 5 heteroatoms. The van der Waals surface area contributed by atoms with Gasteiger partial charge in [0.2, 0.25) is 0 Å². The molecule has 0 saturated carbocycles. The summed E-state index contributed by atoms with van der Waals surface area (Å²) in [5.74, 6) is 0.556. The van der Waals surface area contributed by atoms with Gasteiger partial charge in [0.15, 0.2) is 5.75 Å². The molecule has 0 aromatic heterocycles. The fourth-order valence-electron chi connectivity index (χ4n) is 2.52. The van der Waals surface area contributed by atoms with E-state index >= 15 is 0 Å². The number of fused-ring (bicyclic) bond motifs is 1. The van der Waals surface area contributed by atoms with Crippen molar-refractivity contribution in [3.8, 4) is 5.75 Å². The van der Waals surface area contributed by atoms with Gasteiger partial charge in [-0.15, -0.1) is 0 Å². The van der Waals surface area contributed by atoms with Crippen molar-refractivity contribution in [2.45, 2.75) is 25.5 Å². The molecule has 102 valence electrons. The zero-order valence-corrected chi connectivity index (χ0v) is 10.9. The van der Waals surface area contributed by atoms with Crippen LogP contribution in [0.15, 0.2) is 18.2 Å². The minimum atomic E-state index is -0.0945. The summed E-state index contributed by atoms with van der Waals surface area (Å²) in [7, 11) is 0. The van der Waals surface area contributed by atoms with E-state index in [2.05, 4.69) is 10.6 Å². The summed E-state index contributed by atoms with van der Waals surface area (Å²) >= 11 is 0. The molecule has 1 amide bonds. The molecule has 0 spiro atoms. The van der Waals surface area contributed by atoms with Crippen LogP contribution in [0.4, 0.5) is 5.69 Å². The molecule has 2 heterocycles. The van der Waals surface area contributed by atoms with E-state index in [0.717, 1.165) is 18.7 Å². The molecule has 2 N–H and O–H groups in total. The van der Waals surface area contributed by atoms with E-state index in [1.807, 2.05) is 19.1 Å². The van der Waals surface area contributed by atoms with E-state index in [0.29, 0.717) is 24.5 Å². The SMILES string of the molecule is CC1OCCC1NC(=O)c1cccc2c1OCCN2. The lowest BCUT2D eigenvalue weighted by atomic mass is 10.1. The number of hydrogen-bond acceptors (Lipinski definition) is 4. The Balaban J connectivity index is 1.80. The monoisotopic (exact) mass is 262 g/mol. The van der Waals surface area contributed by atoms with Gasteiger partial charge in [-0.1, -0.05) is 6.07 Å². The summed E-state index contributed by atoms with van der Waals surface area (Å²) in [6.07, 6.45) is 0.934. The highest BCUT2D eigenvalue weighted by Crippen LogP contribution is 2.31. The molecule has 2 unspecified atom stereocenters. The number of anilines is 1. The number of ether oxygens (including phenoxy) is 2. The highest BCUT2D eigenvalue weighted by atomic mass is 16.5. The van der Waals surface area contributed by atoms with Gasteiger partial charge < -0.3 is 20.1 Å². The second kappa shape index (κ2) is 5.09. The van der Waals surface area contributed by atoms with Gasteiger partial charge in [0.1, 0.15) is 6.61 Å². The maximum atomic E-state index is 12.3. The van der Waals surface area contributed by atoms with Crippen LogP contribution in [-0.2, 0) is 4.74 Å². The topological polar surface area (TPSA) is 59.6 Å². The fraction of sp³-hybridized carbons (Fsp3) is 0.500. The number of hydrogen-bond donors (Lipinski definition) is 2. The maximum Gasteiger partial charge on any atom is 0.255 e. The van der Waals surface area contributed by atoms with E-state index in [9.17, 15) is 4.79 Å². The van der Waals surface area contributed by atoms with E-state index in [4.69, 9.17) is 9.47 Å². The molecule has 0 bridgehead atoms. The molecule has 5 nitrogen and oxygen atoms in total. The lowest BCUT2D eigenvalue weighted by molar-refractivity contribution is 0.0862. The van der Waals surface area contributed by atoms with Crippen molar-refractivity contribution >= 4 is 11.6 Å². The smallest absolute Gasteiger partial charge is 0.255 e. The molecule has 2 aliphatic rings. The Hall–Kier alpha value is -1.75. The van der Waals surface area contributed by atoms with Gasteiger partial charge in [-0.2, -0.15) is 0 Å². The molecule has 1 aromatic carbocycles. The minimum absolute atomic E-state index is 0.0718. The number of carbonyl (C=O) groups excluding carboxylic acids is 1. The average Bonchev–Trinajstić information content (AvgIpc) is 2.83. The first-order valence-electron chi connectivity index (χ1n) is 6.68. The van der Waals surface area contributed by atoms with Crippen molar-refractivity contribution in [1.82, 2.24) is 5.32 Å². The Labute approximate surface area is 112 Å². The van der Waals surface area contributed by atoms with Crippen molar-refractivity contribution in [3.05, 3.63) is 23.8 Å². The summed E-state index contributed by atoms with van der Waals surface area (Å²) in [6, 6.07) is 5.66. The quantitative estimate of drug-likeness (QED) is 0.845. The normalized spacial score (nSPS) is 25.1. The van der Waals surface area contributed by atoms with Crippen LogP contribution in [0.1, 0.15) is 23.7 Å². The molecule has 3 rings (SSSR count). The van der Waals surface area contributed by atoms with E-state index in [1.54, 1.807) is 6.07 Å². The van der Waals surface area contributed by atoms with Gasteiger partial charge in [0.25, 0.3) is 5.91 Å². The zero-order valence-electron chi connectivity index (χ0n) is 10.9. The van der Waals surface area contributed by atoms with Gasteiger partial charge in [0, 0.05) is 13.2 Å². The largest absolute Gasteiger partial charge is 0.489 e. The molecule has 0 radical (unpaired) electrons. The van der Waals surface area contributed by atoms with Crippen molar-refractivity contribution in [2.75, 3.05) is 25.1 Å². The van der Waals surface area contributed by atoms with Crippen LogP contribution in [0.25, 0.3) is 0 Å².